The first-order valence-corrected chi connectivity index (χ1v) is 9.28. The molecule has 1 fully saturated rings. The van der Waals surface area contributed by atoms with Crippen LogP contribution in [-0.2, 0) is 10.0 Å². The minimum absolute atomic E-state index is 0.144. The van der Waals surface area contributed by atoms with Gasteiger partial charge in [0.1, 0.15) is 11.4 Å². The number of ether oxygens (including phenoxy) is 1. The summed E-state index contributed by atoms with van der Waals surface area (Å²) in [6, 6.07) is 4.26. The molecule has 8 nitrogen and oxygen atoms in total. The first-order valence-electron chi connectivity index (χ1n) is 7.01. The number of hydrogen-bond acceptors (Lipinski definition) is 7. The monoisotopic (exact) mass is 412 g/mol. The van der Waals surface area contributed by atoms with Crippen molar-refractivity contribution in [3.8, 4) is 5.75 Å². The van der Waals surface area contributed by atoms with E-state index in [-0.39, 0.29) is 10.7 Å². The SMILES string of the molecule is COc1cc(C(=O)NS(=O)(=O)c2cc(Br)ccn2)nnc1C1CC1. The first kappa shape index (κ1) is 16.8. The number of methoxy groups -OCH3 is 1. The molecule has 0 aromatic carbocycles. The van der Waals surface area contributed by atoms with Crippen LogP contribution in [0.3, 0.4) is 0 Å². The molecule has 10 heteroatoms. The molecule has 2 aromatic heterocycles. The zero-order valence-corrected chi connectivity index (χ0v) is 15.0. The van der Waals surface area contributed by atoms with Gasteiger partial charge in [-0.05, 0) is 25.0 Å². The van der Waals surface area contributed by atoms with E-state index in [4.69, 9.17) is 4.74 Å². The predicted octanol–water partition coefficient (Wildman–Crippen LogP) is 1.64. The maximum absolute atomic E-state index is 12.2. The Labute approximate surface area is 146 Å². The van der Waals surface area contributed by atoms with Crippen molar-refractivity contribution in [2.24, 2.45) is 0 Å². The van der Waals surface area contributed by atoms with Gasteiger partial charge >= 0.3 is 0 Å². The van der Waals surface area contributed by atoms with Crippen molar-refractivity contribution in [1.82, 2.24) is 19.9 Å². The quantitative estimate of drug-likeness (QED) is 0.793. The second-order valence-electron chi connectivity index (χ2n) is 5.20. The molecule has 0 spiro atoms. The van der Waals surface area contributed by atoms with Crippen LogP contribution in [-0.4, -0.2) is 36.6 Å². The van der Waals surface area contributed by atoms with E-state index >= 15 is 0 Å². The molecule has 0 saturated heterocycles. The Morgan fingerprint density at radius 2 is 2.08 bits per heavy atom. The lowest BCUT2D eigenvalue weighted by atomic mass is 10.2. The fourth-order valence-electron chi connectivity index (χ4n) is 2.06. The van der Waals surface area contributed by atoms with Crippen molar-refractivity contribution >= 4 is 31.9 Å². The van der Waals surface area contributed by atoms with Crippen molar-refractivity contribution < 1.29 is 17.9 Å². The summed E-state index contributed by atoms with van der Waals surface area (Å²) in [6.45, 7) is 0. The number of halogens is 1. The lowest BCUT2D eigenvalue weighted by Crippen LogP contribution is -2.32. The van der Waals surface area contributed by atoms with Crippen LogP contribution in [0.5, 0.6) is 5.75 Å². The predicted molar refractivity (Wildman–Crippen MR) is 87.1 cm³/mol. The Morgan fingerprint density at radius 1 is 1.33 bits per heavy atom. The molecule has 1 aliphatic carbocycles. The van der Waals surface area contributed by atoms with Gasteiger partial charge in [-0.2, -0.15) is 13.5 Å². The summed E-state index contributed by atoms with van der Waals surface area (Å²) in [5.41, 5.74) is 0.542. The fourth-order valence-corrected chi connectivity index (χ4v) is 3.48. The number of rotatable bonds is 5. The van der Waals surface area contributed by atoms with Gasteiger partial charge in [-0.3, -0.25) is 4.79 Å². The Hall–Kier alpha value is -2.07. The van der Waals surface area contributed by atoms with Crippen LogP contribution in [0.2, 0.25) is 0 Å². The Bertz CT molecular complexity index is 899. The van der Waals surface area contributed by atoms with E-state index in [9.17, 15) is 13.2 Å². The maximum Gasteiger partial charge on any atom is 0.285 e. The van der Waals surface area contributed by atoms with Crippen molar-refractivity contribution in [1.29, 1.82) is 0 Å². The van der Waals surface area contributed by atoms with E-state index in [2.05, 4.69) is 31.1 Å². The zero-order valence-electron chi connectivity index (χ0n) is 12.6. The first-order chi connectivity index (χ1) is 11.4. The summed E-state index contributed by atoms with van der Waals surface area (Å²) in [5, 5.41) is 7.53. The normalized spacial score (nSPS) is 14.2. The lowest BCUT2D eigenvalue weighted by molar-refractivity contribution is 0.0975. The summed E-state index contributed by atoms with van der Waals surface area (Å²) in [4.78, 5) is 15.9. The molecule has 0 aliphatic heterocycles. The largest absolute Gasteiger partial charge is 0.495 e. The van der Waals surface area contributed by atoms with E-state index in [1.165, 1.54) is 25.4 Å². The standard InChI is InChI=1S/C14H13BrN4O4S/c1-23-11-7-10(17-18-13(11)8-2-3-8)14(20)19-24(21,22)12-6-9(15)4-5-16-12/h4-8H,2-3H2,1H3,(H,19,20). The number of nitrogens with one attached hydrogen (secondary N) is 1. The minimum atomic E-state index is -4.11. The molecule has 0 atom stereocenters. The third kappa shape index (κ3) is 3.54. The number of carbonyl (C=O) groups excluding carboxylic acids is 1. The molecular weight excluding hydrogens is 400 g/mol. The second kappa shape index (κ2) is 6.44. The average molecular weight is 413 g/mol. The van der Waals surface area contributed by atoms with Crippen molar-refractivity contribution in [2.75, 3.05) is 7.11 Å². The van der Waals surface area contributed by atoms with E-state index in [0.717, 1.165) is 12.8 Å². The Balaban J connectivity index is 1.84. The fraction of sp³-hybridized carbons (Fsp3) is 0.286. The molecule has 3 rings (SSSR count). The van der Waals surface area contributed by atoms with Gasteiger partial charge in [0.25, 0.3) is 15.9 Å². The van der Waals surface area contributed by atoms with Crippen molar-refractivity contribution in [3.63, 3.8) is 0 Å². The van der Waals surface area contributed by atoms with Crippen LogP contribution in [0.15, 0.2) is 33.9 Å². The second-order valence-corrected chi connectivity index (χ2v) is 7.75. The number of pyridine rings is 1. The topological polar surface area (TPSA) is 111 Å². The number of carbonyl (C=O) groups is 1. The number of nitrogens with zero attached hydrogens (tertiary/aromatic N) is 3. The third-order valence-electron chi connectivity index (χ3n) is 3.40. The zero-order chi connectivity index (χ0) is 17.3. The number of hydrogen-bond donors (Lipinski definition) is 1. The number of sulfonamides is 1. The Kier molecular flexibility index (Phi) is 4.50. The average Bonchev–Trinajstić information content (AvgIpc) is 3.38. The van der Waals surface area contributed by atoms with Gasteiger partial charge in [-0.1, -0.05) is 15.9 Å². The van der Waals surface area contributed by atoms with Crippen LogP contribution < -0.4 is 9.46 Å². The van der Waals surface area contributed by atoms with Gasteiger partial charge in [-0.15, -0.1) is 5.10 Å². The maximum atomic E-state index is 12.2. The molecule has 126 valence electrons. The Morgan fingerprint density at radius 3 is 2.71 bits per heavy atom. The molecule has 1 saturated carbocycles. The summed E-state index contributed by atoms with van der Waals surface area (Å²) >= 11 is 3.16. The van der Waals surface area contributed by atoms with Crippen LogP contribution in [0.4, 0.5) is 0 Å². The van der Waals surface area contributed by atoms with E-state index in [1.54, 1.807) is 6.07 Å². The molecule has 1 N–H and O–H groups in total. The number of amides is 1. The van der Waals surface area contributed by atoms with E-state index < -0.39 is 15.9 Å². The highest BCUT2D eigenvalue weighted by molar-refractivity contribution is 9.10. The molecular formula is C14H13BrN4O4S. The lowest BCUT2D eigenvalue weighted by Gasteiger charge is -2.09. The van der Waals surface area contributed by atoms with Crippen LogP contribution >= 0.6 is 15.9 Å². The van der Waals surface area contributed by atoms with E-state index in [1.807, 2.05) is 4.72 Å². The van der Waals surface area contributed by atoms with E-state index in [0.29, 0.717) is 21.8 Å². The van der Waals surface area contributed by atoms with Gasteiger partial charge in [-0.25, -0.2) is 9.71 Å². The summed E-state index contributed by atoms with van der Waals surface area (Å²) in [6.07, 6.45) is 3.31. The van der Waals surface area contributed by atoms with Gasteiger partial charge in [0.2, 0.25) is 0 Å². The molecule has 24 heavy (non-hydrogen) atoms. The molecule has 2 aromatic rings. The van der Waals surface area contributed by atoms with Crippen molar-refractivity contribution in [3.05, 3.63) is 40.3 Å². The van der Waals surface area contributed by atoms with Crippen molar-refractivity contribution in [2.45, 2.75) is 23.8 Å². The highest BCUT2D eigenvalue weighted by Gasteiger charge is 2.30. The smallest absolute Gasteiger partial charge is 0.285 e. The minimum Gasteiger partial charge on any atom is -0.495 e. The van der Waals surface area contributed by atoms with Crippen LogP contribution in [0, 0.1) is 0 Å². The summed E-state index contributed by atoms with van der Waals surface area (Å²) in [7, 11) is -2.65. The molecule has 0 bridgehead atoms. The highest BCUT2D eigenvalue weighted by Crippen LogP contribution is 2.42. The van der Waals surface area contributed by atoms with Gasteiger partial charge in [0.15, 0.2) is 10.7 Å². The molecule has 1 amide bonds. The van der Waals surface area contributed by atoms with Crippen LogP contribution in [0.25, 0.3) is 0 Å². The van der Waals surface area contributed by atoms with Gasteiger partial charge in [0.05, 0.1) is 7.11 Å². The summed E-state index contributed by atoms with van der Waals surface area (Å²) in [5.74, 6) is -0.181. The van der Waals surface area contributed by atoms with Gasteiger partial charge < -0.3 is 4.74 Å². The number of aromatic nitrogens is 3. The molecule has 1 aliphatic rings. The van der Waals surface area contributed by atoms with Crippen LogP contribution in [0.1, 0.15) is 34.9 Å². The molecule has 2 heterocycles. The third-order valence-corrected chi connectivity index (χ3v) is 5.12. The highest BCUT2D eigenvalue weighted by atomic mass is 79.9. The summed E-state index contributed by atoms with van der Waals surface area (Å²) < 4.78 is 32.1. The van der Waals surface area contributed by atoms with Gasteiger partial charge in [0, 0.05) is 22.7 Å². The molecule has 0 unspecified atom stereocenters. The molecule has 0 radical (unpaired) electrons.